The van der Waals surface area contributed by atoms with Crippen molar-refractivity contribution < 1.29 is 9.18 Å². The van der Waals surface area contributed by atoms with Gasteiger partial charge in [-0.25, -0.2) is 4.39 Å². The molecule has 0 aliphatic carbocycles. The summed E-state index contributed by atoms with van der Waals surface area (Å²) in [6.07, 6.45) is 0. The highest BCUT2D eigenvalue weighted by atomic mass is 79.9. The van der Waals surface area contributed by atoms with E-state index in [-0.39, 0.29) is 11.9 Å². The molecule has 0 saturated carbocycles. The Balaban J connectivity index is 1.95. The lowest BCUT2D eigenvalue weighted by Crippen LogP contribution is -2.49. The molecule has 1 amide bonds. The van der Waals surface area contributed by atoms with Crippen LogP contribution in [0, 0.1) is 5.82 Å². The summed E-state index contributed by atoms with van der Waals surface area (Å²) in [6, 6.07) is 14.2. The molecule has 5 heteroatoms. The van der Waals surface area contributed by atoms with Gasteiger partial charge in [-0.15, -0.1) is 0 Å². The fourth-order valence-electron chi connectivity index (χ4n) is 2.94. The third kappa shape index (κ3) is 3.46. The van der Waals surface area contributed by atoms with Crippen LogP contribution < -0.4 is 0 Å². The molecule has 0 aromatic heterocycles. The van der Waals surface area contributed by atoms with E-state index in [0.717, 1.165) is 18.7 Å². The van der Waals surface area contributed by atoms with E-state index >= 15 is 0 Å². The molecule has 0 radical (unpaired) electrons. The quantitative estimate of drug-likeness (QED) is 0.797. The van der Waals surface area contributed by atoms with Gasteiger partial charge in [0.2, 0.25) is 0 Å². The number of amides is 1. The van der Waals surface area contributed by atoms with E-state index in [2.05, 4.69) is 27.9 Å². The molecular formula is C18H18BrFN2O. The maximum Gasteiger partial charge on any atom is 0.255 e. The average Bonchev–Trinajstić information content (AvgIpc) is 2.57. The number of hydrogen-bond acceptors (Lipinski definition) is 2. The molecule has 1 fully saturated rings. The summed E-state index contributed by atoms with van der Waals surface area (Å²) < 4.78 is 14.2. The minimum Gasteiger partial charge on any atom is -0.329 e. The van der Waals surface area contributed by atoms with Gasteiger partial charge in [-0.3, -0.25) is 4.79 Å². The first-order valence-electron chi connectivity index (χ1n) is 7.56. The van der Waals surface area contributed by atoms with Crippen molar-refractivity contribution in [1.82, 2.24) is 9.80 Å². The maximum atomic E-state index is 13.6. The van der Waals surface area contributed by atoms with Crippen LogP contribution in [0.15, 0.2) is 53.0 Å². The fourth-order valence-corrected chi connectivity index (χ4v) is 3.36. The first kappa shape index (κ1) is 16.1. The van der Waals surface area contributed by atoms with Gasteiger partial charge < -0.3 is 9.80 Å². The number of carbonyl (C=O) groups excluding carboxylic acids is 1. The number of rotatable bonds is 2. The number of hydrogen-bond donors (Lipinski definition) is 0. The van der Waals surface area contributed by atoms with Crippen LogP contribution in [-0.4, -0.2) is 42.4 Å². The SMILES string of the molecule is CN1CCN(C(=O)c2cc(F)ccc2Br)C(c2ccccc2)C1. The molecule has 3 rings (SSSR count). The third-order valence-electron chi connectivity index (χ3n) is 4.19. The van der Waals surface area contributed by atoms with E-state index in [1.165, 1.54) is 12.1 Å². The highest BCUT2D eigenvalue weighted by Gasteiger charge is 2.31. The molecule has 3 nitrogen and oxygen atoms in total. The zero-order chi connectivity index (χ0) is 16.4. The summed E-state index contributed by atoms with van der Waals surface area (Å²) in [4.78, 5) is 17.0. The predicted molar refractivity (Wildman–Crippen MR) is 91.8 cm³/mol. The second-order valence-corrected chi connectivity index (χ2v) is 6.67. The van der Waals surface area contributed by atoms with Crippen molar-refractivity contribution in [3.05, 3.63) is 69.9 Å². The second kappa shape index (κ2) is 6.81. The lowest BCUT2D eigenvalue weighted by Gasteiger charge is -2.40. The monoisotopic (exact) mass is 376 g/mol. The van der Waals surface area contributed by atoms with Crippen molar-refractivity contribution in [1.29, 1.82) is 0 Å². The highest BCUT2D eigenvalue weighted by Crippen LogP contribution is 2.28. The normalized spacial score (nSPS) is 18.9. The van der Waals surface area contributed by atoms with E-state index in [0.29, 0.717) is 16.6 Å². The molecule has 0 bridgehead atoms. The van der Waals surface area contributed by atoms with E-state index in [9.17, 15) is 9.18 Å². The van der Waals surface area contributed by atoms with Crippen molar-refractivity contribution in [2.24, 2.45) is 0 Å². The van der Waals surface area contributed by atoms with Crippen LogP contribution in [0.1, 0.15) is 22.0 Å². The molecule has 0 spiro atoms. The van der Waals surface area contributed by atoms with Gasteiger partial charge in [0.25, 0.3) is 5.91 Å². The van der Waals surface area contributed by atoms with Crippen molar-refractivity contribution in [2.45, 2.75) is 6.04 Å². The predicted octanol–water partition coefficient (Wildman–Crippen LogP) is 3.72. The molecule has 1 aliphatic rings. The summed E-state index contributed by atoms with van der Waals surface area (Å²) in [5.74, 6) is -0.541. The van der Waals surface area contributed by atoms with Gasteiger partial charge in [-0.2, -0.15) is 0 Å². The van der Waals surface area contributed by atoms with Gasteiger partial charge >= 0.3 is 0 Å². The lowest BCUT2D eigenvalue weighted by molar-refractivity contribution is 0.0496. The summed E-state index contributed by atoms with van der Waals surface area (Å²) >= 11 is 3.36. The van der Waals surface area contributed by atoms with E-state index in [1.54, 1.807) is 6.07 Å². The largest absolute Gasteiger partial charge is 0.329 e. The van der Waals surface area contributed by atoms with Gasteiger partial charge in [0.15, 0.2) is 0 Å². The number of halogens is 2. The fraction of sp³-hybridized carbons (Fsp3) is 0.278. The molecule has 2 aromatic carbocycles. The van der Waals surface area contributed by atoms with Crippen LogP contribution in [0.25, 0.3) is 0 Å². The average molecular weight is 377 g/mol. The Morgan fingerprint density at radius 3 is 2.65 bits per heavy atom. The first-order valence-corrected chi connectivity index (χ1v) is 8.35. The van der Waals surface area contributed by atoms with Crippen molar-refractivity contribution in [3.8, 4) is 0 Å². The molecule has 0 N–H and O–H groups in total. The molecule has 1 unspecified atom stereocenters. The molecule has 120 valence electrons. The molecule has 1 saturated heterocycles. The van der Waals surface area contributed by atoms with E-state index < -0.39 is 5.82 Å². The minimum atomic E-state index is -0.401. The van der Waals surface area contributed by atoms with Gasteiger partial charge in [0.1, 0.15) is 5.82 Å². The van der Waals surface area contributed by atoms with Crippen LogP contribution in [0.4, 0.5) is 4.39 Å². The van der Waals surface area contributed by atoms with E-state index in [4.69, 9.17) is 0 Å². The number of likely N-dealkylation sites (N-methyl/N-ethyl adjacent to an activating group) is 1. The van der Waals surface area contributed by atoms with Crippen LogP contribution in [0.3, 0.4) is 0 Å². The van der Waals surface area contributed by atoms with Gasteiger partial charge in [-0.1, -0.05) is 30.3 Å². The first-order chi connectivity index (χ1) is 11.1. The van der Waals surface area contributed by atoms with Crippen LogP contribution >= 0.6 is 15.9 Å². The zero-order valence-corrected chi connectivity index (χ0v) is 14.5. The standard InChI is InChI=1S/C18H18BrFN2O/c1-21-9-10-22(17(12-21)13-5-3-2-4-6-13)18(23)15-11-14(20)7-8-16(15)19/h2-8,11,17H,9-10,12H2,1H3. The molecule has 1 aliphatic heterocycles. The number of benzene rings is 2. The van der Waals surface area contributed by atoms with Gasteiger partial charge in [0.05, 0.1) is 11.6 Å². The Morgan fingerprint density at radius 1 is 1.17 bits per heavy atom. The molecule has 2 aromatic rings. The molecule has 1 heterocycles. The number of nitrogens with zero attached hydrogens (tertiary/aromatic N) is 2. The molecular weight excluding hydrogens is 359 g/mol. The second-order valence-electron chi connectivity index (χ2n) is 5.81. The van der Waals surface area contributed by atoms with Crippen LogP contribution in [-0.2, 0) is 0 Å². The Labute approximate surface area is 143 Å². The maximum absolute atomic E-state index is 13.6. The summed E-state index contributed by atoms with van der Waals surface area (Å²) in [5.41, 5.74) is 1.47. The van der Waals surface area contributed by atoms with E-state index in [1.807, 2.05) is 35.2 Å². The van der Waals surface area contributed by atoms with Gasteiger partial charge in [0, 0.05) is 24.1 Å². The number of piperazine rings is 1. The molecule has 1 atom stereocenters. The minimum absolute atomic E-state index is 0.0300. The lowest BCUT2D eigenvalue weighted by atomic mass is 10.0. The van der Waals surface area contributed by atoms with Crippen molar-refractivity contribution in [2.75, 3.05) is 26.7 Å². The van der Waals surface area contributed by atoms with Crippen LogP contribution in [0.2, 0.25) is 0 Å². The van der Waals surface area contributed by atoms with Crippen molar-refractivity contribution >= 4 is 21.8 Å². The summed E-state index contributed by atoms with van der Waals surface area (Å²) in [7, 11) is 2.05. The Bertz CT molecular complexity index is 707. The topological polar surface area (TPSA) is 23.6 Å². The van der Waals surface area contributed by atoms with Crippen LogP contribution in [0.5, 0.6) is 0 Å². The number of carbonyl (C=O) groups is 1. The zero-order valence-electron chi connectivity index (χ0n) is 12.9. The summed E-state index contributed by atoms with van der Waals surface area (Å²) in [5, 5.41) is 0. The van der Waals surface area contributed by atoms with Crippen molar-refractivity contribution in [3.63, 3.8) is 0 Å². The summed E-state index contributed by atoms with van der Waals surface area (Å²) in [6.45, 7) is 2.20. The van der Waals surface area contributed by atoms with Gasteiger partial charge in [-0.05, 0) is 46.7 Å². The highest BCUT2D eigenvalue weighted by molar-refractivity contribution is 9.10. The Morgan fingerprint density at radius 2 is 1.91 bits per heavy atom. The Kier molecular flexibility index (Phi) is 4.78. The third-order valence-corrected chi connectivity index (χ3v) is 4.88. The molecule has 23 heavy (non-hydrogen) atoms. The smallest absolute Gasteiger partial charge is 0.255 e. The Hall–Kier alpha value is -1.72.